The first kappa shape index (κ1) is 23.2. The number of anilines is 3. The second kappa shape index (κ2) is 9.91. The van der Waals surface area contributed by atoms with Crippen molar-refractivity contribution in [3.8, 4) is 0 Å². The van der Waals surface area contributed by atoms with E-state index in [1.807, 2.05) is 12.1 Å². The number of hydrogen-bond donors (Lipinski definition) is 3. The van der Waals surface area contributed by atoms with Gasteiger partial charge < -0.3 is 21.3 Å². The second-order valence-corrected chi connectivity index (χ2v) is 8.76. The van der Waals surface area contributed by atoms with Crippen LogP contribution in [0, 0.1) is 5.92 Å². The van der Waals surface area contributed by atoms with Gasteiger partial charge in [0.1, 0.15) is 6.04 Å². The van der Waals surface area contributed by atoms with Crippen molar-refractivity contribution in [1.82, 2.24) is 9.88 Å². The van der Waals surface area contributed by atoms with E-state index < -0.39 is 6.04 Å². The molecule has 8 nitrogen and oxygen atoms in total. The van der Waals surface area contributed by atoms with Gasteiger partial charge in [0.2, 0.25) is 11.8 Å². The van der Waals surface area contributed by atoms with Gasteiger partial charge in [0, 0.05) is 24.2 Å². The predicted octanol–water partition coefficient (Wildman–Crippen LogP) is 3.84. The fourth-order valence-electron chi connectivity index (χ4n) is 4.09. The summed E-state index contributed by atoms with van der Waals surface area (Å²) < 4.78 is 0. The molecule has 4 rings (SSSR count). The lowest BCUT2D eigenvalue weighted by molar-refractivity contribution is -0.134. The summed E-state index contributed by atoms with van der Waals surface area (Å²) >= 11 is 0. The number of pyridine rings is 1. The molecule has 34 heavy (non-hydrogen) atoms. The third-order valence-electron chi connectivity index (χ3n) is 6.10. The number of nitrogens with one attached hydrogen (secondary N) is 2. The number of amides is 3. The molecule has 0 bridgehead atoms. The van der Waals surface area contributed by atoms with Crippen LogP contribution in [-0.4, -0.2) is 40.2 Å². The van der Waals surface area contributed by atoms with Gasteiger partial charge in [-0.15, -0.1) is 0 Å². The topological polar surface area (TPSA) is 117 Å². The summed E-state index contributed by atoms with van der Waals surface area (Å²) in [5, 5.41) is 5.58. The Morgan fingerprint density at radius 2 is 1.91 bits per heavy atom. The Morgan fingerprint density at radius 3 is 2.59 bits per heavy atom. The lowest BCUT2D eigenvalue weighted by Gasteiger charge is -2.23. The molecule has 1 aromatic carbocycles. The van der Waals surface area contributed by atoms with Crippen LogP contribution in [0.3, 0.4) is 0 Å². The number of allylic oxidation sites excluding steroid dienone is 4. The molecule has 176 valence electrons. The number of aromatic nitrogens is 1. The molecule has 2 unspecified atom stereocenters. The van der Waals surface area contributed by atoms with E-state index in [9.17, 15) is 14.4 Å². The van der Waals surface area contributed by atoms with Crippen LogP contribution in [0.5, 0.6) is 0 Å². The Kier molecular flexibility index (Phi) is 6.77. The first-order chi connectivity index (χ1) is 16.3. The lowest BCUT2D eigenvalue weighted by atomic mass is 9.96. The van der Waals surface area contributed by atoms with Crippen molar-refractivity contribution in [3.05, 3.63) is 65.9 Å². The van der Waals surface area contributed by atoms with Crippen LogP contribution in [0.4, 0.5) is 17.2 Å². The summed E-state index contributed by atoms with van der Waals surface area (Å²) in [6.07, 6.45) is 8.54. The minimum atomic E-state index is -0.545. The molecule has 1 aromatic heterocycles. The van der Waals surface area contributed by atoms with Gasteiger partial charge in [-0.3, -0.25) is 14.4 Å². The number of benzene rings is 1. The maximum absolute atomic E-state index is 12.8. The van der Waals surface area contributed by atoms with Gasteiger partial charge in [-0.2, -0.15) is 0 Å². The van der Waals surface area contributed by atoms with E-state index in [2.05, 4.69) is 34.7 Å². The first-order valence-corrected chi connectivity index (χ1v) is 11.5. The maximum atomic E-state index is 12.8. The molecule has 1 aliphatic carbocycles. The zero-order valence-corrected chi connectivity index (χ0v) is 19.4. The number of rotatable bonds is 6. The van der Waals surface area contributed by atoms with Crippen molar-refractivity contribution >= 4 is 40.5 Å². The van der Waals surface area contributed by atoms with Gasteiger partial charge in [-0.1, -0.05) is 25.2 Å². The Bertz CT molecular complexity index is 1170. The highest BCUT2D eigenvalue weighted by atomic mass is 16.2. The number of nitrogens with two attached hydrogens (primary N) is 1. The summed E-state index contributed by atoms with van der Waals surface area (Å²) in [6, 6.07) is 9.56. The molecule has 3 amide bonds. The smallest absolute Gasteiger partial charge is 0.256 e. The van der Waals surface area contributed by atoms with Gasteiger partial charge in [-0.05, 0) is 67.7 Å². The van der Waals surface area contributed by atoms with Crippen LogP contribution in [-0.2, 0) is 9.59 Å². The molecule has 2 aromatic rings. The van der Waals surface area contributed by atoms with Crippen molar-refractivity contribution in [2.75, 3.05) is 22.9 Å². The number of likely N-dealkylation sites (tertiary alicyclic amines) is 1. The van der Waals surface area contributed by atoms with Crippen LogP contribution in [0.1, 0.15) is 49.2 Å². The van der Waals surface area contributed by atoms with Crippen LogP contribution in [0.15, 0.2) is 54.6 Å². The number of nitrogen functional groups attached to an aromatic ring is 1. The quantitative estimate of drug-likeness (QED) is 0.607. The zero-order chi connectivity index (χ0) is 24.2. The van der Waals surface area contributed by atoms with Crippen molar-refractivity contribution < 1.29 is 14.4 Å². The fraction of sp³-hybridized carbons (Fsp3) is 0.308. The summed E-state index contributed by atoms with van der Waals surface area (Å²) in [5.74, 6) is 0.108. The van der Waals surface area contributed by atoms with E-state index in [0.717, 1.165) is 24.1 Å². The van der Waals surface area contributed by atoms with Crippen LogP contribution >= 0.6 is 0 Å². The van der Waals surface area contributed by atoms with Crippen LogP contribution in [0.2, 0.25) is 0 Å². The van der Waals surface area contributed by atoms with E-state index in [0.29, 0.717) is 41.6 Å². The van der Waals surface area contributed by atoms with Crippen LogP contribution < -0.4 is 16.4 Å². The average Bonchev–Trinajstić information content (AvgIpc) is 3.26. The molecular formula is C26H29N5O3. The number of hydrogen-bond acceptors (Lipinski definition) is 5. The average molecular weight is 460 g/mol. The molecule has 2 aliphatic rings. The molecule has 8 heteroatoms. The molecule has 1 saturated heterocycles. The third kappa shape index (κ3) is 5.17. The van der Waals surface area contributed by atoms with Gasteiger partial charge in [0.25, 0.3) is 5.91 Å². The minimum absolute atomic E-state index is 0.00284. The summed E-state index contributed by atoms with van der Waals surface area (Å²) in [6.45, 7) is 4.45. The molecule has 0 spiro atoms. The van der Waals surface area contributed by atoms with E-state index in [-0.39, 0.29) is 17.7 Å². The number of carbonyl (C=O) groups excluding carboxylic acids is 3. The highest BCUT2D eigenvalue weighted by molar-refractivity contribution is 6.05. The normalized spacial score (nSPS) is 18.4. The van der Waals surface area contributed by atoms with E-state index in [1.54, 1.807) is 42.2 Å². The van der Waals surface area contributed by atoms with E-state index in [1.165, 1.54) is 0 Å². The summed E-state index contributed by atoms with van der Waals surface area (Å²) in [4.78, 5) is 43.3. The maximum Gasteiger partial charge on any atom is 0.256 e. The van der Waals surface area contributed by atoms with Crippen molar-refractivity contribution in [2.24, 2.45) is 5.92 Å². The summed E-state index contributed by atoms with van der Waals surface area (Å²) in [5.41, 5.74) is 9.12. The first-order valence-electron chi connectivity index (χ1n) is 11.5. The summed E-state index contributed by atoms with van der Waals surface area (Å²) in [7, 11) is 0. The molecule has 4 N–H and O–H groups in total. The fourth-order valence-corrected chi connectivity index (χ4v) is 4.09. The second-order valence-electron chi connectivity index (χ2n) is 8.76. The molecule has 0 saturated carbocycles. The standard InChI is InChI=1S/C26H29N5O3/c1-16-5-3-6-19(15-16)22-13-12-21(27)24(29-22)30-26(34)18-8-10-20(11-9-18)28-25(33)17(2)31-14-4-7-23(31)32/h3,6,8-13,15-17H,4-5,7,14,27H2,1-2H3,(H,28,33)(H,29,30,34). The Labute approximate surface area is 198 Å². The van der Waals surface area contributed by atoms with Crippen molar-refractivity contribution in [1.29, 1.82) is 0 Å². The van der Waals surface area contributed by atoms with Gasteiger partial charge in [0.15, 0.2) is 5.82 Å². The molecule has 0 radical (unpaired) electrons. The predicted molar refractivity (Wildman–Crippen MR) is 133 cm³/mol. The number of nitrogens with zero attached hydrogens (tertiary/aromatic N) is 2. The number of carbonyl (C=O) groups is 3. The molecule has 1 aliphatic heterocycles. The SMILES string of the molecule is CC1C=C(c2ccc(N)c(NC(=O)c3ccc(NC(=O)C(C)N4CCCC4=O)cc3)n2)C=CC1. The van der Waals surface area contributed by atoms with E-state index in [4.69, 9.17) is 5.73 Å². The monoisotopic (exact) mass is 459 g/mol. The molecule has 1 fully saturated rings. The minimum Gasteiger partial charge on any atom is -0.396 e. The third-order valence-corrected chi connectivity index (χ3v) is 6.10. The Morgan fingerprint density at radius 1 is 1.15 bits per heavy atom. The van der Waals surface area contributed by atoms with Gasteiger partial charge in [-0.25, -0.2) is 4.98 Å². The van der Waals surface area contributed by atoms with Gasteiger partial charge in [0.05, 0.1) is 11.4 Å². The molecular weight excluding hydrogens is 430 g/mol. The highest BCUT2D eigenvalue weighted by Crippen LogP contribution is 2.26. The van der Waals surface area contributed by atoms with Crippen molar-refractivity contribution in [2.45, 2.75) is 39.2 Å². The molecule has 2 heterocycles. The lowest BCUT2D eigenvalue weighted by Crippen LogP contribution is -2.42. The van der Waals surface area contributed by atoms with Crippen LogP contribution in [0.25, 0.3) is 5.57 Å². The van der Waals surface area contributed by atoms with Gasteiger partial charge >= 0.3 is 0 Å². The largest absolute Gasteiger partial charge is 0.396 e. The van der Waals surface area contributed by atoms with Crippen molar-refractivity contribution in [3.63, 3.8) is 0 Å². The Balaban J connectivity index is 1.41. The van der Waals surface area contributed by atoms with E-state index >= 15 is 0 Å². The Hall–Kier alpha value is -3.94. The molecule has 2 atom stereocenters. The highest BCUT2D eigenvalue weighted by Gasteiger charge is 2.29. The zero-order valence-electron chi connectivity index (χ0n) is 19.4.